The molecule has 6 heteroatoms. The maximum absolute atomic E-state index is 13.2. The Morgan fingerprint density at radius 2 is 1.74 bits per heavy atom. The van der Waals surface area contributed by atoms with Crippen LogP contribution >= 0.6 is 11.6 Å². The van der Waals surface area contributed by atoms with Crippen molar-refractivity contribution in [3.05, 3.63) is 63.7 Å². The summed E-state index contributed by atoms with van der Waals surface area (Å²) >= 11 is 5.99. The first-order valence-corrected chi connectivity index (χ1v) is 11.0. The highest BCUT2D eigenvalue weighted by Crippen LogP contribution is 2.23. The third-order valence-electron chi connectivity index (χ3n) is 5.55. The molecule has 2 amide bonds. The number of nitrogens with one attached hydrogen (secondary N) is 1. The van der Waals surface area contributed by atoms with Gasteiger partial charge < -0.3 is 15.0 Å². The number of amides is 2. The number of benzene rings is 2. The molecule has 2 rings (SSSR count). The average Bonchev–Trinajstić information content (AvgIpc) is 2.73. The molecule has 0 bridgehead atoms. The molecule has 0 aliphatic heterocycles. The van der Waals surface area contributed by atoms with Crippen molar-refractivity contribution < 1.29 is 14.3 Å². The van der Waals surface area contributed by atoms with E-state index in [1.807, 2.05) is 52.8 Å². The lowest BCUT2D eigenvalue weighted by molar-refractivity contribution is -0.142. The van der Waals surface area contributed by atoms with Gasteiger partial charge in [-0.25, -0.2) is 0 Å². The first-order valence-electron chi connectivity index (χ1n) is 10.7. The van der Waals surface area contributed by atoms with E-state index in [1.54, 1.807) is 24.0 Å². The van der Waals surface area contributed by atoms with Crippen LogP contribution in [-0.4, -0.2) is 35.4 Å². The molecule has 0 aliphatic rings. The number of halogens is 1. The lowest BCUT2D eigenvalue weighted by atomic mass is 10.1. The predicted octanol–water partition coefficient (Wildman–Crippen LogP) is 4.98. The molecule has 2 unspecified atom stereocenters. The van der Waals surface area contributed by atoms with Gasteiger partial charge in [0.15, 0.2) is 6.61 Å². The average molecular weight is 445 g/mol. The summed E-state index contributed by atoms with van der Waals surface area (Å²) in [5.41, 5.74) is 4.08. The van der Waals surface area contributed by atoms with Crippen molar-refractivity contribution >= 4 is 23.4 Å². The monoisotopic (exact) mass is 444 g/mol. The molecule has 2 atom stereocenters. The highest BCUT2D eigenvalue weighted by Gasteiger charge is 2.27. The van der Waals surface area contributed by atoms with Crippen LogP contribution in [0.2, 0.25) is 5.02 Å². The smallest absolute Gasteiger partial charge is 0.261 e. The summed E-state index contributed by atoms with van der Waals surface area (Å²) in [7, 11) is 0. The second kappa shape index (κ2) is 11.2. The minimum Gasteiger partial charge on any atom is -0.483 e. The minimum atomic E-state index is -0.638. The predicted molar refractivity (Wildman–Crippen MR) is 126 cm³/mol. The number of aryl methyl sites for hydroxylation is 2. The first kappa shape index (κ1) is 24.7. The van der Waals surface area contributed by atoms with E-state index in [4.69, 9.17) is 16.3 Å². The maximum atomic E-state index is 13.2. The fourth-order valence-electron chi connectivity index (χ4n) is 3.21. The number of rotatable bonds is 9. The summed E-state index contributed by atoms with van der Waals surface area (Å²) in [6.07, 6.45) is 0.818. The van der Waals surface area contributed by atoms with Gasteiger partial charge in [0.05, 0.1) is 0 Å². The summed E-state index contributed by atoms with van der Waals surface area (Å²) in [5.74, 6) is 0.258. The van der Waals surface area contributed by atoms with Crippen LogP contribution in [0, 0.1) is 20.8 Å². The van der Waals surface area contributed by atoms with Gasteiger partial charge in [0.1, 0.15) is 11.8 Å². The lowest BCUT2D eigenvalue weighted by Crippen LogP contribution is -2.50. The molecule has 0 radical (unpaired) electrons. The van der Waals surface area contributed by atoms with Crippen LogP contribution in [0.3, 0.4) is 0 Å². The topological polar surface area (TPSA) is 58.6 Å². The zero-order valence-corrected chi connectivity index (χ0v) is 20.0. The molecule has 31 heavy (non-hydrogen) atoms. The van der Waals surface area contributed by atoms with Gasteiger partial charge in [0.25, 0.3) is 5.91 Å². The summed E-state index contributed by atoms with van der Waals surface area (Å²) < 4.78 is 5.89. The van der Waals surface area contributed by atoms with E-state index in [0.717, 1.165) is 28.7 Å². The Morgan fingerprint density at radius 3 is 2.35 bits per heavy atom. The molecule has 0 fully saturated rings. The third kappa shape index (κ3) is 7.00. The molecule has 0 saturated heterocycles. The highest BCUT2D eigenvalue weighted by molar-refractivity contribution is 6.30. The van der Waals surface area contributed by atoms with Crippen molar-refractivity contribution in [2.45, 2.75) is 66.6 Å². The van der Waals surface area contributed by atoms with Crippen LogP contribution in [0.25, 0.3) is 0 Å². The lowest BCUT2D eigenvalue weighted by Gasteiger charge is -2.29. The second-order valence-electron chi connectivity index (χ2n) is 8.14. The largest absolute Gasteiger partial charge is 0.483 e. The molecule has 168 valence electrons. The van der Waals surface area contributed by atoms with E-state index in [-0.39, 0.29) is 24.5 Å². The Bertz CT molecular complexity index is 912. The van der Waals surface area contributed by atoms with E-state index in [2.05, 4.69) is 11.4 Å². The quantitative estimate of drug-likeness (QED) is 0.593. The van der Waals surface area contributed by atoms with Crippen LogP contribution in [0.15, 0.2) is 36.4 Å². The van der Waals surface area contributed by atoms with Gasteiger partial charge in [-0.15, -0.1) is 0 Å². The number of carbonyl (C=O) groups is 2. The van der Waals surface area contributed by atoms with Gasteiger partial charge >= 0.3 is 0 Å². The van der Waals surface area contributed by atoms with E-state index in [1.165, 1.54) is 0 Å². The van der Waals surface area contributed by atoms with Crippen molar-refractivity contribution in [1.29, 1.82) is 0 Å². The molecule has 2 aromatic rings. The summed E-state index contributed by atoms with van der Waals surface area (Å²) in [6, 6.07) is 10.7. The number of nitrogens with zero attached hydrogens (tertiary/aromatic N) is 1. The maximum Gasteiger partial charge on any atom is 0.261 e. The SMILES string of the molecule is CCC(C)NC(=O)C(C)N(Cc1ccc(Cl)cc1)C(=O)COc1cc(C)cc(C)c1C. The van der Waals surface area contributed by atoms with E-state index >= 15 is 0 Å². The zero-order valence-electron chi connectivity index (χ0n) is 19.3. The highest BCUT2D eigenvalue weighted by atomic mass is 35.5. The van der Waals surface area contributed by atoms with Gasteiger partial charge in [-0.1, -0.05) is 36.7 Å². The Labute approximate surface area is 190 Å². The fourth-order valence-corrected chi connectivity index (χ4v) is 3.33. The Balaban J connectivity index is 2.20. The molecule has 0 spiro atoms. The molecule has 0 saturated carbocycles. The van der Waals surface area contributed by atoms with Crippen LogP contribution in [0.5, 0.6) is 5.75 Å². The van der Waals surface area contributed by atoms with Gasteiger partial charge in [0, 0.05) is 17.6 Å². The molecular formula is C25H33ClN2O3. The van der Waals surface area contributed by atoms with Gasteiger partial charge in [-0.2, -0.15) is 0 Å². The van der Waals surface area contributed by atoms with Gasteiger partial charge in [-0.3, -0.25) is 9.59 Å². The fraction of sp³-hybridized carbons (Fsp3) is 0.440. The molecule has 1 N–H and O–H groups in total. The molecule has 5 nitrogen and oxygen atoms in total. The van der Waals surface area contributed by atoms with Crippen molar-refractivity contribution in [2.75, 3.05) is 6.61 Å². The Hall–Kier alpha value is -2.53. The first-order chi connectivity index (χ1) is 14.6. The second-order valence-corrected chi connectivity index (χ2v) is 8.57. The van der Waals surface area contributed by atoms with E-state index in [9.17, 15) is 9.59 Å². The molecule has 2 aromatic carbocycles. The van der Waals surface area contributed by atoms with Crippen LogP contribution in [0.1, 0.15) is 49.4 Å². The number of hydrogen-bond acceptors (Lipinski definition) is 3. The number of ether oxygens (including phenoxy) is 1. The van der Waals surface area contributed by atoms with Crippen molar-refractivity contribution in [2.24, 2.45) is 0 Å². The van der Waals surface area contributed by atoms with E-state index < -0.39 is 6.04 Å². The molecular weight excluding hydrogens is 412 g/mol. The molecule has 0 heterocycles. The van der Waals surface area contributed by atoms with Crippen LogP contribution in [-0.2, 0) is 16.1 Å². The summed E-state index contributed by atoms with van der Waals surface area (Å²) in [5, 5.41) is 3.59. The minimum absolute atomic E-state index is 0.0385. The van der Waals surface area contributed by atoms with Crippen molar-refractivity contribution in [3.8, 4) is 5.75 Å². The van der Waals surface area contributed by atoms with Crippen LogP contribution < -0.4 is 10.1 Å². The summed E-state index contributed by atoms with van der Waals surface area (Å²) in [4.78, 5) is 27.5. The summed E-state index contributed by atoms with van der Waals surface area (Å²) in [6.45, 7) is 11.8. The molecule has 0 aliphatic carbocycles. The van der Waals surface area contributed by atoms with E-state index in [0.29, 0.717) is 17.3 Å². The van der Waals surface area contributed by atoms with Crippen LogP contribution in [0.4, 0.5) is 0 Å². The Kier molecular flexibility index (Phi) is 8.93. The van der Waals surface area contributed by atoms with Crippen molar-refractivity contribution in [3.63, 3.8) is 0 Å². The number of hydrogen-bond donors (Lipinski definition) is 1. The van der Waals surface area contributed by atoms with Gasteiger partial charge in [0.2, 0.25) is 5.91 Å². The zero-order chi connectivity index (χ0) is 23.1. The van der Waals surface area contributed by atoms with Gasteiger partial charge in [-0.05, 0) is 81.5 Å². The number of carbonyl (C=O) groups excluding carboxylic acids is 2. The van der Waals surface area contributed by atoms with Crippen molar-refractivity contribution in [1.82, 2.24) is 10.2 Å². The third-order valence-corrected chi connectivity index (χ3v) is 5.80. The standard InChI is InChI=1S/C25H33ClN2O3/c1-7-18(4)27-25(30)20(6)28(14-21-8-10-22(26)11-9-21)24(29)15-31-23-13-16(2)12-17(3)19(23)5/h8-13,18,20H,7,14-15H2,1-6H3,(H,27,30). The Morgan fingerprint density at radius 1 is 1.10 bits per heavy atom. The normalized spacial score (nSPS) is 12.7. The molecule has 0 aromatic heterocycles.